The number of anilines is 1. The monoisotopic (exact) mass is 438 g/mol. The molecule has 1 heterocycles. The molecule has 0 spiro atoms. The van der Waals surface area contributed by atoms with Crippen LogP contribution in [0, 0.1) is 13.8 Å². The first-order valence-electron chi connectivity index (χ1n) is 10.7. The van der Waals surface area contributed by atoms with Gasteiger partial charge in [0, 0.05) is 17.8 Å². The molecule has 31 heavy (non-hydrogen) atoms. The molecule has 1 aromatic heterocycles. The summed E-state index contributed by atoms with van der Waals surface area (Å²) in [5.41, 5.74) is 3.97. The van der Waals surface area contributed by atoms with Crippen LogP contribution in [0.15, 0.2) is 47.6 Å². The van der Waals surface area contributed by atoms with E-state index in [0.29, 0.717) is 0 Å². The Morgan fingerprint density at radius 1 is 1.06 bits per heavy atom. The van der Waals surface area contributed by atoms with E-state index >= 15 is 0 Å². The molecule has 0 aliphatic rings. The summed E-state index contributed by atoms with van der Waals surface area (Å²) in [7, 11) is 0. The fourth-order valence-corrected chi connectivity index (χ4v) is 4.05. The van der Waals surface area contributed by atoms with Crippen molar-refractivity contribution in [2.45, 2.75) is 52.2 Å². The van der Waals surface area contributed by atoms with Gasteiger partial charge < -0.3 is 14.6 Å². The predicted molar refractivity (Wildman–Crippen MR) is 127 cm³/mol. The quantitative estimate of drug-likeness (QED) is 0.335. The van der Waals surface area contributed by atoms with Crippen molar-refractivity contribution in [3.05, 3.63) is 53.6 Å². The van der Waals surface area contributed by atoms with Gasteiger partial charge in [0.05, 0.1) is 12.4 Å². The number of thioether (sulfide) groups is 1. The van der Waals surface area contributed by atoms with Crippen LogP contribution in [0.25, 0.3) is 11.4 Å². The number of carbonyl (C=O) groups is 1. The van der Waals surface area contributed by atoms with E-state index in [1.807, 2.05) is 60.9 Å². The number of nitrogens with one attached hydrogen (secondary N) is 1. The zero-order chi connectivity index (χ0) is 22.2. The summed E-state index contributed by atoms with van der Waals surface area (Å²) >= 11 is 1.40. The number of aryl methyl sites for hydroxylation is 2. The van der Waals surface area contributed by atoms with Crippen LogP contribution < -0.4 is 10.1 Å². The molecule has 0 aliphatic heterocycles. The van der Waals surface area contributed by atoms with Crippen LogP contribution in [0.2, 0.25) is 0 Å². The highest BCUT2D eigenvalue weighted by Gasteiger charge is 2.15. The first-order chi connectivity index (χ1) is 15.0. The van der Waals surface area contributed by atoms with Crippen molar-refractivity contribution in [2.24, 2.45) is 0 Å². The summed E-state index contributed by atoms with van der Waals surface area (Å²) in [4.78, 5) is 12.5. The average Bonchev–Trinajstić information content (AvgIpc) is 3.18. The largest absolute Gasteiger partial charge is 0.494 e. The van der Waals surface area contributed by atoms with Crippen molar-refractivity contribution in [1.29, 1.82) is 0 Å². The van der Waals surface area contributed by atoms with Gasteiger partial charge in [-0.3, -0.25) is 4.79 Å². The molecule has 164 valence electrons. The van der Waals surface area contributed by atoms with Gasteiger partial charge in [-0.2, -0.15) is 0 Å². The SMILES string of the molecule is CCCCOc1ccc(-c2nnc(SCC(=O)Nc3c(C)cccc3C)n2CC)cc1. The minimum atomic E-state index is -0.0526. The van der Waals surface area contributed by atoms with Crippen molar-refractivity contribution in [3.8, 4) is 17.1 Å². The van der Waals surface area contributed by atoms with E-state index in [-0.39, 0.29) is 11.7 Å². The lowest BCUT2D eigenvalue weighted by molar-refractivity contribution is -0.113. The number of unbranched alkanes of at least 4 members (excludes halogenated alkanes) is 1. The van der Waals surface area contributed by atoms with Crippen LogP contribution in [-0.2, 0) is 11.3 Å². The van der Waals surface area contributed by atoms with Gasteiger partial charge in [0.15, 0.2) is 11.0 Å². The number of aromatic nitrogens is 3. The zero-order valence-electron chi connectivity index (χ0n) is 18.6. The number of amides is 1. The number of benzene rings is 2. The molecular formula is C24H30N4O2S. The Kier molecular flexibility index (Phi) is 8.12. The topological polar surface area (TPSA) is 69.0 Å². The van der Waals surface area contributed by atoms with Crippen LogP contribution in [0.1, 0.15) is 37.8 Å². The molecule has 7 heteroatoms. The Morgan fingerprint density at radius 2 is 1.77 bits per heavy atom. The highest BCUT2D eigenvalue weighted by Crippen LogP contribution is 2.26. The van der Waals surface area contributed by atoms with Gasteiger partial charge in [-0.1, -0.05) is 43.3 Å². The third-order valence-electron chi connectivity index (χ3n) is 4.99. The van der Waals surface area contributed by atoms with Crippen LogP contribution in [-0.4, -0.2) is 33.0 Å². The normalized spacial score (nSPS) is 10.8. The molecule has 0 aliphatic carbocycles. The molecule has 2 aromatic carbocycles. The van der Waals surface area contributed by atoms with Crippen molar-refractivity contribution in [2.75, 3.05) is 17.7 Å². The lowest BCUT2D eigenvalue weighted by Gasteiger charge is -2.11. The van der Waals surface area contributed by atoms with Crippen LogP contribution in [0.5, 0.6) is 5.75 Å². The number of carbonyl (C=O) groups excluding carboxylic acids is 1. The lowest BCUT2D eigenvalue weighted by atomic mass is 10.1. The van der Waals surface area contributed by atoms with E-state index in [0.717, 1.165) is 65.1 Å². The maximum absolute atomic E-state index is 12.5. The Balaban J connectivity index is 1.65. The van der Waals surface area contributed by atoms with E-state index in [1.165, 1.54) is 11.8 Å². The van der Waals surface area contributed by atoms with Crippen LogP contribution >= 0.6 is 11.8 Å². The second-order valence-electron chi connectivity index (χ2n) is 7.38. The number of rotatable bonds is 10. The Labute approximate surface area is 188 Å². The van der Waals surface area contributed by atoms with Crippen LogP contribution in [0.4, 0.5) is 5.69 Å². The summed E-state index contributed by atoms with van der Waals surface area (Å²) < 4.78 is 7.77. The molecule has 3 aromatic rings. The molecular weight excluding hydrogens is 408 g/mol. The summed E-state index contributed by atoms with van der Waals surface area (Å²) in [5, 5.41) is 12.5. The fourth-order valence-electron chi connectivity index (χ4n) is 3.25. The number of hydrogen-bond acceptors (Lipinski definition) is 5. The zero-order valence-corrected chi connectivity index (χ0v) is 19.5. The molecule has 0 atom stereocenters. The number of para-hydroxylation sites is 1. The molecule has 0 saturated carbocycles. The van der Waals surface area contributed by atoms with Gasteiger partial charge in [0.1, 0.15) is 5.75 Å². The standard InChI is InChI=1S/C24H30N4O2S/c1-5-7-15-30-20-13-11-19(12-14-20)23-26-27-24(28(23)6-2)31-16-21(29)25-22-17(3)9-8-10-18(22)4/h8-14H,5-7,15-16H2,1-4H3,(H,25,29). The van der Waals surface area contributed by atoms with Gasteiger partial charge in [-0.05, 0) is 62.6 Å². The average molecular weight is 439 g/mol. The Bertz CT molecular complexity index is 995. The third kappa shape index (κ3) is 5.88. The molecule has 0 fully saturated rings. The third-order valence-corrected chi connectivity index (χ3v) is 5.96. The van der Waals surface area contributed by atoms with Crippen molar-refractivity contribution in [1.82, 2.24) is 14.8 Å². The van der Waals surface area contributed by atoms with E-state index in [4.69, 9.17) is 4.74 Å². The van der Waals surface area contributed by atoms with E-state index < -0.39 is 0 Å². The van der Waals surface area contributed by atoms with E-state index in [1.54, 1.807) is 0 Å². The first-order valence-corrected chi connectivity index (χ1v) is 11.7. The highest BCUT2D eigenvalue weighted by molar-refractivity contribution is 7.99. The highest BCUT2D eigenvalue weighted by atomic mass is 32.2. The smallest absolute Gasteiger partial charge is 0.234 e. The molecule has 0 unspecified atom stereocenters. The second-order valence-corrected chi connectivity index (χ2v) is 8.32. The maximum atomic E-state index is 12.5. The first kappa shape index (κ1) is 22.9. The van der Waals surface area contributed by atoms with Crippen molar-refractivity contribution in [3.63, 3.8) is 0 Å². The number of ether oxygens (including phenoxy) is 1. The molecule has 3 rings (SSSR count). The molecule has 1 amide bonds. The Morgan fingerprint density at radius 3 is 2.42 bits per heavy atom. The minimum absolute atomic E-state index is 0.0526. The van der Waals surface area contributed by atoms with Gasteiger partial charge in [-0.25, -0.2) is 0 Å². The van der Waals surface area contributed by atoms with E-state index in [2.05, 4.69) is 29.4 Å². The summed E-state index contributed by atoms with van der Waals surface area (Å²) in [5.74, 6) is 1.87. The van der Waals surface area contributed by atoms with Gasteiger partial charge in [-0.15, -0.1) is 10.2 Å². The maximum Gasteiger partial charge on any atom is 0.234 e. The Hall–Kier alpha value is -2.80. The van der Waals surface area contributed by atoms with Gasteiger partial charge in [0.2, 0.25) is 5.91 Å². The number of hydrogen-bond donors (Lipinski definition) is 1. The molecule has 0 radical (unpaired) electrons. The summed E-state index contributed by atoms with van der Waals surface area (Å²) in [6, 6.07) is 13.9. The summed E-state index contributed by atoms with van der Waals surface area (Å²) in [6.07, 6.45) is 2.16. The molecule has 1 N–H and O–H groups in total. The fraction of sp³-hybridized carbons (Fsp3) is 0.375. The lowest BCUT2D eigenvalue weighted by Crippen LogP contribution is -2.16. The summed E-state index contributed by atoms with van der Waals surface area (Å²) in [6.45, 7) is 9.64. The van der Waals surface area contributed by atoms with Gasteiger partial charge in [0.25, 0.3) is 0 Å². The van der Waals surface area contributed by atoms with E-state index in [9.17, 15) is 4.79 Å². The van der Waals surface area contributed by atoms with Crippen LogP contribution in [0.3, 0.4) is 0 Å². The van der Waals surface area contributed by atoms with Gasteiger partial charge >= 0.3 is 0 Å². The number of nitrogens with zero attached hydrogens (tertiary/aromatic N) is 3. The molecule has 6 nitrogen and oxygen atoms in total. The van der Waals surface area contributed by atoms with Crippen molar-refractivity contribution >= 4 is 23.4 Å². The predicted octanol–water partition coefficient (Wildman–Crippen LogP) is 5.49. The van der Waals surface area contributed by atoms with Crippen molar-refractivity contribution < 1.29 is 9.53 Å². The second kappa shape index (κ2) is 11.0. The minimum Gasteiger partial charge on any atom is -0.494 e. The molecule has 0 bridgehead atoms. The molecule has 0 saturated heterocycles.